The van der Waals surface area contributed by atoms with Gasteiger partial charge in [-0.05, 0) is 80.5 Å². The minimum atomic E-state index is -1.66. The molecule has 0 aromatic carbocycles. The van der Waals surface area contributed by atoms with Crippen molar-refractivity contribution in [2.75, 3.05) is 13.2 Å². The summed E-state index contributed by atoms with van der Waals surface area (Å²) < 4.78 is 29.8. The van der Waals surface area contributed by atoms with Crippen molar-refractivity contribution in [1.82, 2.24) is 0 Å². The number of ketones is 1. The van der Waals surface area contributed by atoms with Crippen LogP contribution in [0.3, 0.4) is 0 Å². The molecule has 0 aromatic heterocycles. The third-order valence-corrected chi connectivity index (χ3v) is 14.2. The minimum absolute atomic E-state index is 0.0184. The summed E-state index contributed by atoms with van der Waals surface area (Å²) in [5.74, 6) is -0.713. The van der Waals surface area contributed by atoms with E-state index in [4.69, 9.17) is 23.7 Å². The van der Waals surface area contributed by atoms with Crippen LogP contribution in [-0.2, 0) is 33.3 Å². The first kappa shape index (κ1) is 40.2. The van der Waals surface area contributed by atoms with E-state index in [9.17, 15) is 40.2 Å². The summed E-state index contributed by atoms with van der Waals surface area (Å²) in [6.45, 7) is 10.9. The zero-order chi connectivity index (χ0) is 37.9. The van der Waals surface area contributed by atoms with Crippen LogP contribution in [0.25, 0.3) is 0 Å². The van der Waals surface area contributed by atoms with Crippen molar-refractivity contribution in [2.24, 2.45) is 40.4 Å². The van der Waals surface area contributed by atoms with Crippen molar-refractivity contribution >= 4 is 11.8 Å². The van der Waals surface area contributed by atoms with E-state index >= 15 is 0 Å². The average Bonchev–Trinajstić information content (AvgIpc) is 3.32. The van der Waals surface area contributed by atoms with Gasteiger partial charge in [0.15, 0.2) is 18.7 Å². The molecule has 6 aliphatic rings. The van der Waals surface area contributed by atoms with Gasteiger partial charge in [0.25, 0.3) is 0 Å². The van der Waals surface area contributed by atoms with E-state index in [2.05, 4.69) is 33.8 Å². The fourth-order valence-corrected chi connectivity index (χ4v) is 11.1. The van der Waals surface area contributed by atoms with E-state index in [1.807, 2.05) is 0 Å². The lowest BCUT2D eigenvalue weighted by atomic mass is 9.46. The molecule has 296 valence electrons. The molecule has 13 heteroatoms. The number of carbonyl (C=O) groups excluding carboxylic acids is 2. The van der Waals surface area contributed by atoms with Gasteiger partial charge in [0.1, 0.15) is 41.9 Å². The van der Waals surface area contributed by atoms with Gasteiger partial charge in [-0.2, -0.15) is 0 Å². The van der Waals surface area contributed by atoms with Gasteiger partial charge in [-0.1, -0.05) is 46.3 Å². The molecule has 4 aliphatic carbocycles. The predicted molar refractivity (Wildman–Crippen MR) is 185 cm³/mol. The van der Waals surface area contributed by atoms with Gasteiger partial charge >= 0.3 is 5.97 Å². The zero-order valence-corrected chi connectivity index (χ0v) is 31.6. The number of Topliss-reactive ketones (excluding diaryl/α,β-unsaturated/α-hetero) is 1. The molecule has 2 aliphatic heterocycles. The first-order valence-electron chi connectivity index (χ1n) is 19.5. The molecule has 0 unspecified atom stereocenters. The molecule has 5 fully saturated rings. The van der Waals surface area contributed by atoms with Crippen molar-refractivity contribution in [3.05, 3.63) is 11.6 Å². The normalized spacial score (nSPS) is 48.2. The highest BCUT2D eigenvalue weighted by Crippen LogP contribution is 2.69. The summed E-state index contributed by atoms with van der Waals surface area (Å²) in [6.07, 6.45) is -4.28. The maximum Gasteiger partial charge on any atom is 0.303 e. The summed E-state index contributed by atoms with van der Waals surface area (Å²) >= 11 is 0. The molecule has 52 heavy (non-hydrogen) atoms. The second kappa shape index (κ2) is 15.2. The molecule has 0 bridgehead atoms. The van der Waals surface area contributed by atoms with Crippen LogP contribution in [0.2, 0.25) is 0 Å². The Labute approximate surface area is 307 Å². The number of esters is 1. The zero-order valence-electron chi connectivity index (χ0n) is 31.6. The van der Waals surface area contributed by atoms with E-state index in [0.29, 0.717) is 43.9 Å². The van der Waals surface area contributed by atoms with Gasteiger partial charge in [-0.25, -0.2) is 0 Å². The van der Waals surface area contributed by atoms with Crippen molar-refractivity contribution < 1.29 is 63.9 Å². The number of hydrogen-bond acceptors (Lipinski definition) is 13. The number of aliphatic hydroxyl groups is 6. The van der Waals surface area contributed by atoms with Gasteiger partial charge in [0, 0.05) is 24.7 Å². The van der Waals surface area contributed by atoms with Gasteiger partial charge in [0.2, 0.25) is 0 Å². The largest absolute Gasteiger partial charge is 0.454 e. The van der Waals surface area contributed by atoms with Crippen molar-refractivity contribution in [3.8, 4) is 0 Å². The Bertz CT molecular complexity index is 1340. The van der Waals surface area contributed by atoms with E-state index < -0.39 is 78.2 Å². The highest BCUT2D eigenvalue weighted by molar-refractivity contribution is 5.82. The Morgan fingerprint density at radius 1 is 0.904 bits per heavy atom. The number of allylic oxidation sites excluding steroid dienone is 1. The van der Waals surface area contributed by atoms with Crippen molar-refractivity contribution in [1.29, 1.82) is 0 Å². The Kier molecular flexibility index (Phi) is 11.7. The fourth-order valence-electron chi connectivity index (χ4n) is 11.1. The average molecular weight is 739 g/mol. The molecule has 0 aromatic rings. The summed E-state index contributed by atoms with van der Waals surface area (Å²) in [4.78, 5) is 26.5. The standard InChI is InChI=1S/C39H62O13/c1-19(2)7-10-27(42)20(3)39(47)30(16-26-24-9-8-22-15-23(41)11-13-37(22,5)25(24)12-14-38(26,39)6)51-36-34(50-21(4)40)33(29(44)18-49-36)52-35-32(46)31(45)28(43)17-48-35/h8,19-20,23-26,28-36,41,43-47H,7,9-18H2,1-6H3/t20-,23+,24-,25+,26+,28-,29+,30+,31+,32-,33+,34-,35+,36+,37+,38+,39-/m1/s1. The molecule has 2 saturated heterocycles. The van der Waals surface area contributed by atoms with Crippen LogP contribution in [0.15, 0.2) is 11.6 Å². The number of rotatable bonds is 10. The van der Waals surface area contributed by atoms with E-state index in [1.54, 1.807) is 6.92 Å². The lowest BCUT2D eigenvalue weighted by Gasteiger charge is -2.59. The lowest BCUT2D eigenvalue weighted by Crippen LogP contribution is -2.64. The molecule has 0 amide bonds. The van der Waals surface area contributed by atoms with Crippen LogP contribution in [0.4, 0.5) is 0 Å². The molecule has 0 spiro atoms. The molecule has 17 atom stereocenters. The van der Waals surface area contributed by atoms with Crippen LogP contribution in [0.1, 0.15) is 99.3 Å². The monoisotopic (exact) mass is 738 g/mol. The quantitative estimate of drug-likeness (QED) is 0.141. The first-order chi connectivity index (χ1) is 24.4. The number of carbonyl (C=O) groups is 2. The SMILES string of the molecule is CC(=O)O[C@H]1[C@H](O[C@H]2C[C@H]3[C@@H]4CC=C5C[C@@H](O)CC[C@]5(C)[C@H]4CC[C@]3(C)[C@@]2(O)[C@H](C)C(=O)CCC(C)C)OC[C@H](O)[C@@H]1O[C@@H]1OC[C@@H](O)[C@H](O)[C@H]1O. The molecular formula is C39H62O13. The van der Waals surface area contributed by atoms with E-state index in [1.165, 1.54) is 12.5 Å². The topological polar surface area (TPSA) is 202 Å². The highest BCUT2D eigenvalue weighted by Gasteiger charge is 2.70. The highest BCUT2D eigenvalue weighted by atomic mass is 16.7. The van der Waals surface area contributed by atoms with Crippen molar-refractivity contribution in [2.45, 2.75) is 166 Å². The third kappa shape index (κ3) is 6.94. The van der Waals surface area contributed by atoms with Crippen LogP contribution >= 0.6 is 0 Å². The van der Waals surface area contributed by atoms with E-state index in [-0.39, 0.29) is 42.4 Å². The smallest absolute Gasteiger partial charge is 0.303 e. The molecule has 0 radical (unpaired) electrons. The number of fused-ring (bicyclic) bond motifs is 5. The van der Waals surface area contributed by atoms with Crippen LogP contribution in [0, 0.1) is 40.4 Å². The van der Waals surface area contributed by atoms with Crippen LogP contribution in [-0.4, -0.2) is 123 Å². The van der Waals surface area contributed by atoms with Crippen LogP contribution < -0.4 is 0 Å². The summed E-state index contributed by atoms with van der Waals surface area (Å²) in [5.41, 5.74) is -1.06. The lowest BCUT2D eigenvalue weighted by molar-refractivity contribution is -0.345. The Morgan fingerprint density at radius 3 is 2.29 bits per heavy atom. The Balaban J connectivity index is 1.33. The van der Waals surface area contributed by atoms with Crippen LogP contribution in [0.5, 0.6) is 0 Å². The molecule has 6 N–H and O–H groups in total. The summed E-state index contributed by atoms with van der Waals surface area (Å²) in [6, 6.07) is 0. The van der Waals surface area contributed by atoms with E-state index in [0.717, 1.165) is 25.7 Å². The fraction of sp³-hybridized carbons (Fsp3) is 0.897. The maximum absolute atomic E-state index is 14.0. The molecule has 2 heterocycles. The second-order valence-corrected chi connectivity index (χ2v) is 17.6. The van der Waals surface area contributed by atoms with Gasteiger partial charge in [0.05, 0.1) is 25.4 Å². The second-order valence-electron chi connectivity index (χ2n) is 17.6. The molecule has 6 rings (SSSR count). The minimum Gasteiger partial charge on any atom is -0.454 e. The molecule has 3 saturated carbocycles. The molecule has 13 nitrogen and oxygen atoms in total. The summed E-state index contributed by atoms with van der Waals surface area (Å²) in [5, 5.41) is 65.6. The maximum atomic E-state index is 14.0. The van der Waals surface area contributed by atoms with Gasteiger partial charge in [-0.3, -0.25) is 9.59 Å². The van der Waals surface area contributed by atoms with Gasteiger partial charge < -0.3 is 54.3 Å². The predicted octanol–water partition coefficient (Wildman–Crippen LogP) is 2.15. The third-order valence-electron chi connectivity index (χ3n) is 14.2. The van der Waals surface area contributed by atoms with Gasteiger partial charge in [-0.15, -0.1) is 0 Å². The molecular weight excluding hydrogens is 676 g/mol. The number of hydrogen-bond donors (Lipinski definition) is 6. The first-order valence-corrected chi connectivity index (χ1v) is 19.5. The Hall–Kier alpha value is -1.52. The Morgan fingerprint density at radius 2 is 1.60 bits per heavy atom. The number of ether oxygens (including phenoxy) is 5. The number of aliphatic hydroxyl groups excluding tert-OH is 5. The summed E-state index contributed by atoms with van der Waals surface area (Å²) in [7, 11) is 0. The van der Waals surface area contributed by atoms with Crippen molar-refractivity contribution in [3.63, 3.8) is 0 Å².